The number of nitrogens with one attached hydrogen (secondary N) is 1. The maximum absolute atomic E-state index is 12.2. The molecule has 1 aromatic carbocycles. The van der Waals surface area contributed by atoms with Crippen LogP contribution in [-0.2, 0) is 0 Å². The lowest BCUT2D eigenvalue weighted by molar-refractivity contribution is 0.102. The summed E-state index contributed by atoms with van der Waals surface area (Å²) in [5, 5.41) is 2.77. The first-order valence-electron chi connectivity index (χ1n) is 5.80. The first-order valence-corrected chi connectivity index (χ1v) is 5.80. The molecule has 0 aliphatic rings. The molecule has 3 N–H and O–H groups in total. The fourth-order valence-corrected chi connectivity index (χ4v) is 1.57. The number of nitrogens with two attached hydrogens (primary N) is 1. The van der Waals surface area contributed by atoms with E-state index in [0.29, 0.717) is 16.8 Å². The molecule has 0 unspecified atom stereocenters. The number of carbonyl (C=O) groups is 1. The number of amides is 1. The Morgan fingerprint density at radius 1 is 1.26 bits per heavy atom. The molecule has 0 atom stereocenters. The fourth-order valence-electron chi connectivity index (χ4n) is 1.57. The summed E-state index contributed by atoms with van der Waals surface area (Å²) in [5.41, 5.74) is 7.17. The van der Waals surface area contributed by atoms with Gasteiger partial charge in [-0.25, -0.2) is 0 Å². The van der Waals surface area contributed by atoms with Crippen molar-refractivity contribution in [1.29, 1.82) is 0 Å². The predicted octanol–water partition coefficient (Wildman–Crippen LogP) is 1.64. The van der Waals surface area contributed by atoms with E-state index in [9.17, 15) is 4.79 Å². The van der Waals surface area contributed by atoms with Crippen LogP contribution >= 0.6 is 0 Å². The van der Waals surface area contributed by atoms with Crippen LogP contribution in [-0.4, -0.2) is 17.4 Å². The smallest absolute Gasteiger partial charge is 0.256 e. The highest BCUT2D eigenvalue weighted by atomic mass is 16.1. The van der Waals surface area contributed by atoms with Gasteiger partial charge < -0.3 is 11.1 Å². The third-order valence-electron chi connectivity index (χ3n) is 2.42. The van der Waals surface area contributed by atoms with Gasteiger partial charge in [-0.2, -0.15) is 0 Å². The topological polar surface area (TPSA) is 68.0 Å². The molecule has 94 valence electrons. The van der Waals surface area contributed by atoms with Crippen molar-refractivity contribution in [2.45, 2.75) is 0 Å². The van der Waals surface area contributed by atoms with Gasteiger partial charge in [-0.15, -0.1) is 0 Å². The lowest BCUT2D eigenvalue weighted by Gasteiger charge is -2.06. The summed E-state index contributed by atoms with van der Waals surface area (Å²) >= 11 is 0. The molecular weight excluding hydrogens is 238 g/mol. The summed E-state index contributed by atoms with van der Waals surface area (Å²) in [6, 6.07) is 10.7. The van der Waals surface area contributed by atoms with Crippen molar-refractivity contribution in [3.63, 3.8) is 0 Å². The van der Waals surface area contributed by atoms with Gasteiger partial charge in [0.25, 0.3) is 5.91 Å². The number of anilines is 1. The van der Waals surface area contributed by atoms with Crippen molar-refractivity contribution in [3.8, 4) is 11.8 Å². The fraction of sp³-hybridized carbons (Fsp3) is 0.0667. The molecule has 1 heterocycles. The number of rotatable bonds is 2. The number of hydrogen-bond acceptors (Lipinski definition) is 3. The average Bonchev–Trinajstić information content (AvgIpc) is 2.46. The van der Waals surface area contributed by atoms with E-state index in [1.165, 1.54) is 0 Å². The van der Waals surface area contributed by atoms with Crippen molar-refractivity contribution in [2.24, 2.45) is 5.73 Å². The molecule has 0 saturated carbocycles. The third-order valence-corrected chi connectivity index (χ3v) is 2.42. The highest BCUT2D eigenvalue weighted by Crippen LogP contribution is 2.11. The van der Waals surface area contributed by atoms with Crippen LogP contribution in [0.3, 0.4) is 0 Å². The first kappa shape index (κ1) is 12.8. The van der Waals surface area contributed by atoms with E-state index in [1.54, 1.807) is 42.7 Å². The molecule has 2 aromatic rings. The minimum atomic E-state index is -0.213. The van der Waals surface area contributed by atoms with Gasteiger partial charge in [-0.1, -0.05) is 24.0 Å². The molecule has 0 saturated heterocycles. The molecule has 4 nitrogen and oxygen atoms in total. The average molecular weight is 251 g/mol. The van der Waals surface area contributed by atoms with E-state index in [1.807, 2.05) is 6.07 Å². The predicted molar refractivity (Wildman–Crippen MR) is 74.6 cm³/mol. The summed E-state index contributed by atoms with van der Waals surface area (Å²) in [6.45, 7) is 0.262. The lowest BCUT2D eigenvalue weighted by Crippen LogP contribution is -2.13. The Morgan fingerprint density at radius 3 is 2.84 bits per heavy atom. The molecule has 0 aliphatic carbocycles. The van der Waals surface area contributed by atoms with Crippen LogP contribution in [0.5, 0.6) is 0 Å². The van der Waals surface area contributed by atoms with Crippen molar-refractivity contribution >= 4 is 11.6 Å². The molecule has 19 heavy (non-hydrogen) atoms. The van der Waals surface area contributed by atoms with Gasteiger partial charge in [0.05, 0.1) is 24.0 Å². The van der Waals surface area contributed by atoms with Crippen molar-refractivity contribution in [1.82, 2.24) is 4.98 Å². The molecule has 0 radical (unpaired) electrons. The van der Waals surface area contributed by atoms with Gasteiger partial charge in [0.1, 0.15) is 0 Å². The van der Waals surface area contributed by atoms with Crippen molar-refractivity contribution < 1.29 is 4.79 Å². The molecule has 1 amide bonds. The van der Waals surface area contributed by atoms with E-state index in [0.717, 1.165) is 0 Å². The van der Waals surface area contributed by atoms with Crippen LogP contribution in [0.25, 0.3) is 0 Å². The van der Waals surface area contributed by atoms with Gasteiger partial charge in [-0.3, -0.25) is 9.78 Å². The summed E-state index contributed by atoms with van der Waals surface area (Å²) in [7, 11) is 0. The van der Waals surface area contributed by atoms with E-state index >= 15 is 0 Å². The Kier molecular flexibility index (Phi) is 4.27. The van der Waals surface area contributed by atoms with Crippen LogP contribution in [0.15, 0.2) is 48.8 Å². The molecule has 0 aliphatic heterocycles. The molecule has 0 spiro atoms. The van der Waals surface area contributed by atoms with E-state index in [-0.39, 0.29) is 12.5 Å². The standard InChI is InChI=1S/C15H13N3O/c16-9-3-6-12-5-1-2-8-14(12)15(19)18-13-7-4-10-17-11-13/h1-2,4-5,7-8,10-11H,9,16H2,(H,18,19). The first-order chi connectivity index (χ1) is 9.31. The van der Waals surface area contributed by atoms with Crippen molar-refractivity contribution in [3.05, 3.63) is 59.9 Å². The quantitative estimate of drug-likeness (QED) is 0.797. The van der Waals surface area contributed by atoms with Gasteiger partial charge in [0.2, 0.25) is 0 Å². The number of pyridine rings is 1. The normalized spacial score (nSPS) is 9.32. The van der Waals surface area contributed by atoms with Crippen molar-refractivity contribution in [2.75, 3.05) is 11.9 Å². The van der Waals surface area contributed by atoms with Gasteiger partial charge in [-0.05, 0) is 24.3 Å². The molecular formula is C15H13N3O. The molecule has 0 fully saturated rings. The molecule has 2 rings (SSSR count). The highest BCUT2D eigenvalue weighted by molar-refractivity contribution is 6.05. The Balaban J connectivity index is 2.24. The van der Waals surface area contributed by atoms with E-state index in [4.69, 9.17) is 5.73 Å². The Labute approximate surface area is 111 Å². The Morgan fingerprint density at radius 2 is 2.11 bits per heavy atom. The highest BCUT2D eigenvalue weighted by Gasteiger charge is 2.09. The summed E-state index contributed by atoms with van der Waals surface area (Å²) in [5.74, 6) is 5.42. The zero-order valence-electron chi connectivity index (χ0n) is 10.3. The monoisotopic (exact) mass is 251 g/mol. The third kappa shape index (κ3) is 3.41. The minimum Gasteiger partial charge on any atom is -0.321 e. The number of carbonyl (C=O) groups excluding carboxylic acids is 1. The number of hydrogen-bond donors (Lipinski definition) is 2. The molecule has 0 bridgehead atoms. The summed E-state index contributed by atoms with van der Waals surface area (Å²) < 4.78 is 0. The van der Waals surface area contributed by atoms with E-state index in [2.05, 4.69) is 22.1 Å². The van der Waals surface area contributed by atoms with Crippen LogP contribution in [0, 0.1) is 11.8 Å². The maximum atomic E-state index is 12.2. The molecule has 1 aromatic heterocycles. The largest absolute Gasteiger partial charge is 0.321 e. The van der Waals surface area contributed by atoms with E-state index < -0.39 is 0 Å². The zero-order valence-corrected chi connectivity index (χ0v) is 10.3. The summed E-state index contributed by atoms with van der Waals surface area (Å²) in [6.07, 6.45) is 3.24. The second-order valence-corrected chi connectivity index (χ2v) is 3.75. The van der Waals surface area contributed by atoms with Crippen LogP contribution < -0.4 is 11.1 Å². The number of nitrogens with zero attached hydrogens (tertiary/aromatic N) is 1. The van der Waals surface area contributed by atoms with Gasteiger partial charge >= 0.3 is 0 Å². The Bertz CT molecular complexity index is 627. The van der Waals surface area contributed by atoms with Crippen LogP contribution in [0.2, 0.25) is 0 Å². The second kappa shape index (κ2) is 6.34. The summed E-state index contributed by atoms with van der Waals surface area (Å²) in [4.78, 5) is 16.1. The number of aromatic nitrogens is 1. The minimum absolute atomic E-state index is 0.213. The molecule has 4 heteroatoms. The SMILES string of the molecule is NCC#Cc1ccccc1C(=O)Nc1cccnc1. The Hall–Kier alpha value is -2.64. The second-order valence-electron chi connectivity index (χ2n) is 3.75. The van der Waals surface area contributed by atoms with Gasteiger partial charge in [0.15, 0.2) is 0 Å². The van der Waals surface area contributed by atoms with Gasteiger partial charge in [0, 0.05) is 11.8 Å². The van der Waals surface area contributed by atoms with Crippen LogP contribution in [0.1, 0.15) is 15.9 Å². The maximum Gasteiger partial charge on any atom is 0.256 e. The lowest BCUT2D eigenvalue weighted by atomic mass is 10.1. The van der Waals surface area contributed by atoms with Crippen LogP contribution in [0.4, 0.5) is 5.69 Å². The number of benzene rings is 1. The zero-order chi connectivity index (χ0) is 13.5.